The van der Waals surface area contributed by atoms with Crippen molar-refractivity contribution < 1.29 is 10.0 Å². The van der Waals surface area contributed by atoms with Crippen LogP contribution in [0.3, 0.4) is 0 Å². The molecular formula is C7H5BrINO2. The summed E-state index contributed by atoms with van der Waals surface area (Å²) in [5.74, 6) is -0.494. The van der Waals surface area contributed by atoms with Gasteiger partial charge in [0.2, 0.25) is 0 Å². The molecule has 64 valence electrons. The Balaban J connectivity index is 3.09. The summed E-state index contributed by atoms with van der Waals surface area (Å²) in [5, 5.41) is 8.37. The number of amides is 1. The Morgan fingerprint density at radius 2 is 2.25 bits per heavy atom. The first-order valence-electron chi connectivity index (χ1n) is 3.04. The van der Waals surface area contributed by atoms with E-state index >= 15 is 0 Å². The quantitative estimate of drug-likeness (QED) is 0.467. The number of hydrogen-bond donors (Lipinski definition) is 2. The van der Waals surface area contributed by atoms with E-state index in [2.05, 4.69) is 15.9 Å². The fraction of sp³-hybridized carbons (Fsp3) is 0. The van der Waals surface area contributed by atoms with Crippen molar-refractivity contribution in [3.63, 3.8) is 0 Å². The molecule has 0 aliphatic rings. The lowest BCUT2D eigenvalue weighted by molar-refractivity contribution is 0.0705. The minimum absolute atomic E-state index is 0.460. The van der Waals surface area contributed by atoms with Gasteiger partial charge in [0, 0.05) is 8.04 Å². The zero-order valence-electron chi connectivity index (χ0n) is 5.84. The van der Waals surface area contributed by atoms with Crippen LogP contribution in [0.4, 0.5) is 0 Å². The van der Waals surface area contributed by atoms with Crippen LogP contribution in [0, 0.1) is 3.57 Å². The van der Waals surface area contributed by atoms with Crippen LogP contribution in [0.2, 0.25) is 0 Å². The van der Waals surface area contributed by atoms with Crippen LogP contribution in [0.1, 0.15) is 10.4 Å². The molecule has 0 spiro atoms. The van der Waals surface area contributed by atoms with Gasteiger partial charge in [-0.1, -0.05) is 15.9 Å². The molecule has 1 aromatic carbocycles. The van der Waals surface area contributed by atoms with E-state index in [9.17, 15) is 4.79 Å². The summed E-state index contributed by atoms with van der Waals surface area (Å²) < 4.78 is 1.69. The molecule has 0 atom stereocenters. The molecule has 0 saturated carbocycles. The number of nitrogens with one attached hydrogen (secondary N) is 1. The van der Waals surface area contributed by atoms with Gasteiger partial charge in [0.1, 0.15) is 0 Å². The van der Waals surface area contributed by atoms with Gasteiger partial charge in [0.15, 0.2) is 0 Å². The Hall–Kier alpha value is -0.140. The molecule has 3 nitrogen and oxygen atoms in total. The molecule has 0 aliphatic carbocycles. The molecule has 1 rings (SSSR count). The van der Waals surface area contributed by atoms with Crippen molar-refractivity contribution in [1.29, 1.82) is 0 Å². The standard InChI is InChI=1S/C7H5BrINO2/c8-4-1-2-5(6(9)3-4)7(11)10-12/h1-3,12H,(H,10,11). The zero-order chi connectivity index (χ0) is 9.14. The predicted molar refractivity (Wildman–Crippen MR) is 56.1 cm³/mol. The normalized spacial score (nSPS) is 9.58. The minimum atomic E-state index is -0.494. The molecule has 0 fully saturated rings. The van der Waals surface area contributed by atoms with Gasteiger partial charge in [0.05, 0.1) is 5.56 Å². The Labute approximate surface area is 91.4 Å². The van der Waals surface area contributed by atoms with Crippen molar-refractivity contribution in [1.82, 2.24) is 5.48 Å². The zero-order valence-corrected chi connectivity index (χ0v) is 9.59. The number of benzene rings is 1. The van der Waals surface area contributed by atoms with E-state index in [0.717, 1.165) is 8.04 Å². The third kappa shape index (κ3) is 2.18. The molecule has 1 amide bonds. The molecule has 0 aromatic heterocycles. The first-order valence-corrected chi connectivity index (χ1v) is 4.92. The van der Waals surface area contributed by atoms with Gasteiger partial charge in [-0.05, 0) is 40.8 Å². The summed E-state index contributed by atoms with van der Waals surface area (Å²) in [4.78, 5) is 11.0. The van der Waals surface area contributed by atoms with Gasteiger partial charge in [-0.25, -0.2) is 5.48 Å². The second kappa shape index (κ2) is 4.20. The maximum absolute atomic E-state index is 11.0. The molecule has 5 heteroatoms. The summed E-state index contributed by atoms with van der Waals surface area (Å²) in [6.07, 6.45) is 0. The van der Waals surface area contributed by atoms with Crippen LogP contribution in [0.15, 0.2) is 22.7 Å². The van der Waals surface area contributed by atoms with Crippen molar-refractivity contribution in [2.24, 2.45) is 0 Å². The SMILES string of the molecule is O=C(NO)c1ccc(Br)cc1I. The van der Waals surface area contributed by atoms with Gasteiger partial charge in [0.25, 0.3) is 5.91 Å². The summed E-state index contributed by atoms with van der Waals surface area (Å²) in [7, 11) is 0. The second-order valence-corrected chi connectivity index (χ2v) is 4.14. The lowest BCUT2D eigenvalue weighted by Crippen LogP contribution is -2.19. The third-order valence-corrected chi connectivity index (χ3v) is 2.66. The molecule has 0 unspecified atom stereocenters. The van der Waals surface area contributed by atoms with E-state index in [1.807, 2.05) is 22.6 Å². The number of halogens is 2. The van der Waals surface area contributed by atoms with Gasteiger partial charge >= 0.3 is 0 Å². The number of hydroxylamine groups is 1. The largest absolute Gasteiger partial charge is 0.288 e. The van der Waals surface area contributed by atoms with Crippen LogP contribution in [0.5, 0.6) is 0 Å². The van der Waals surface area contributed by atoms with Gasteiger partial charge in [-0.15, -0.1) is 0 Å². The monoisotopic (exact) mass is 341 g/mol. The minimum Gasteiger partial charge on any atom is -0.288 e. The highest BCUT2D eigenvalue weighted by atomic mass is 127. The number of carbonyl (C=O) groups excluding carboxylic acids is 1. The molecular weight excluding hydrogens is 337 g/mol. The third-order valence-electron chi connectivity index (χ3n) is 1.28. The molecule has 0 bridgehead atoms. The fourth-order valence-corrected chi connectivity index (χ4v) is 2.28. The van der Waals surface area contributed by atoms with Crippen molar-refractivity contribution in [3.05, 3.63) is 31.8 Å². The maximum atomic E-state index is 11.0. The van der Waals surface area contributed by atoms with E-state index in [0.29, 0.717) is 5.56 Å². The lowest BCUT2D eigenvalue weighted by atomic mass is 10.2. The lowest BCUT2D eigenvalue weighted by Gasteiger charge is -2.01. The van der Waals surface area contributed by atoms with Crippen LogP contribution in [-0.4, -0.2) is 11.1 Å². The average molecular weight is 342 g/mol. The first-order chi connectivity index (χ1) is 5.65. The van der Waals surface area contributed by atoms with Crippen molar-refractivity contribution in [2.75, 3.05) is 0 Å². The second-order valence-electron chi connectivity index (χ2n) is 2.07. The van der Waals surface area contributed by atoms with E-state index in [4.69, 9.17) is 5.21 Å². The van der Waals surface area contributed by atoms with Crippen molar-refractivity contribution in [2.45, 2.75) is 0 Å². The fourth-order valence-electron chi connectivity index (χ4n) is 0.734. The molecule has 1 aromatic rings. The van der Waals surface area contributed by atoms with E-state index in [1.165, 1.54) is 0 Å². The predicted octanol–water partition coefficient (Wildman–Crippen LogP) is 2.17. The summed E-state index contributed by atoms with van der Waals surface area (Å²) in [5.41, 5.74) is 2.04. The number of hydrogen-bond acceptors (Lipinski definition) is 2. The van der Waals surface area contributed by atoms with Crippen LogP contribution < -0.4 is 5.48 Å². The Morgan fingerprint density at radius 3 is 2.75 bits per heavy atom. The maximum Gasteiger partial charge on any atom is 0.275 e. The van der Waals surface area contributed by atoms with Gasteiger partial charge in [-0.2, -0.15) is 0 Å². The van der Waals surface area contributed by atoms with Crippen LogP contribution in [-0.2, 0) is 0 Å². The number of carbonyl (C=O) groups is 1. The highest BCUT2D eigenvalue weighted by molar-refractivity contribution is 14.1. The molecule has 0 aliphatic heterocycles. The molecule has 0 radical (unpaired) electrons. The topological polar surface area (TPSA) is 49.3 Å². The Kier molecular flexibility index (Phi) is 3.48. The van der Waals surface area contributed by atoms with Crippen molar-refractivity contribution >= 4 is 44.4 Å². The molecule has 0 saturated heterocycles. The van der Waals surface area contributed by atoms with Gasteiger partial charge < -0.3 is 0 Å². The summed E-state index contributed by atoms with van der Waals surface area (Å²) in [6, 6.07) is 5.18. The van der Waals surface area contributed by atoms with E-state index in [1.54, 1.807) is 23.7 Å². The smallest absolute Gasteiger partial charge is 0.275 e. The Morgan fingerprint density at radius 1 is 1.58 bits per heavy atom. The number of rotatable bonds is 1. The summed E-state index contributed by atoms with van der Waals surface area (Å²) >= 11 is 5.29. The molecule has 0 heterocycles. The highest BCUT2D eigenvalue weighted by Gasteiger charge is 2.07. The first kappa shape index (κ1) is 9.94. The van der Waals surface area contributed by atoms with Crippen molar-refractivity contribution in [3.8, 4) is 0 Å². The van der Waals surface area contributed by atoms with Crippen LogP contribution in [0.25, 0.3) is 0 Å². The van der Waals surface area contributed by atoms with Crippen LogP contribution >= 0.6 is 38.5 Å². The van der Waals surface area contributed by atoms with E-state index in [-0.39, 0.29) is 0 Å². The Bertz CT molecular complexity index is 316. The van der Waals surface area contributed by atoms with Gasteiger partial charge in [-0.3, -0.25) is 10.0 Å². The molecule has 2 N–H and O–H groups in total. The summed E-state index contributed by atoms with van der Waals surface area (Å²) in [6.45, 7) is 0. The average Bonchev–Trinajstić information content (AvgIpc) is 2.03. The van der Waals surface area contributed by atoms with E-state index < -0.39 is 5.91 Å². The highest BCUT2D eigenvalue weighted by Crippen LogP contribution is 2.18. The molecule has 12 heavy (non-hydrogen) atoms.